The molecule has 0 amide bonds. The molecule has 0 fully saturated rings. The molecule has 46 heavy (non-hydrogen) atoms. The van der Waals surface area contributed by atoms with Crippen molar-refractivity contribution in [3.05, 3.63) is 103 Å². The largest absolute Gasteiger partial charge is 0.497 e. The van der Waals surface area contributed by atoms with E-state index in [0.717, 1.165) is 93.6 Å². The molecule has 9 aromatic rings. The van der Waals surface area contributed by atoms with Gasteiger partial charge in [0.05, 0.1) is 39.6 Å². The summed E-state index contributed by atoms with van der Waals surface area (Å²) in [7, 11) is 6.86. The lowest BCUT2D eigenvalue weighted by molar-refractivity contribution is 0.415. The number of hydrogen-bond acceptors (Lipinski definition) is 5. The maximum atomic E-state index is 5.90. The van der Waals surface area contributed by atoms with Gasteiger partial charge in [-0.1, -0.05) is 42.5 Å². The van der Waals surface area contributed by atoms with Crippen LogP contribution < -0.4 is 18.9 Å². The number of aromatic nitrogens is 1. The Morgan fingerprint density at radius 2 is 0.848 bits per heavy atom. The number of benzene rings is 8. The molecule has 0 unspecified atom stereocenters. The van der Waals surface area contributed by atoms with Crippen LogP contribution in [-0.2, 0) is 0 Å². The Kier molecular flexibility index (Phi) is 5.69. The second-order valence-corrected chi connectivity index (χ2v) is 11.7. The standard InChI is InChI=1S/C41H29NO4/c1-43-23-10-13-27-30(16-23)32-19-26(46-4)20-33-31-17-24(44-2)11-14-28(31)39-38-29-15-12-25(45-3)18-35(29)41(22-8-6-5-7-9-22)42-36(38)21-34(27)40(39)37(32)33/h5-21H,1-4H3. The molecule has 0 spiro atoms. The van der Waals surface area contributed by atoms with Crippen molar-refractivity contribution in [2.24, 2.45) is 0 Å². The maximum absolute atomic E-state index is 5.90. The van der Waals surface area contributed by atoms with Crippen LogP contribution in [-0.4, -0.2) is 33.4 Å². The van der Waals surface area contributed by atoms with Crippen molar-refractivity contribution in [1.82, 2.24) is 4.98 Å². The quantitative estimate of drug-likeness (QED) is 0.146. The molecule has 0 aliphatic carbocycles. The minimum Gasteiger partial charge on any atom is -0.497 e. The molecule has 9 rings (SSSR count). The highest BCUT2D eigenvalue weighted by atomic mass is 16.5. The van der Waals surface area contributed by atoms with Crippen molar-refractivity contribution in [1.29, 1.82) is 0 Å². The molecule has 222 valence electrons. The van der Waals surface area contributed by atoms with Gasteiger partial charge in [0.2, 0.25) is 0 Å². The normalized spacial score (nSPS) is 11.9. The van der Waals surface area contributed by atoms with Crippen LogP contribution in [0.25, 0.3) is 86.8 Å². The summed E-state index contributed by atoms with van der Waals surface area (Å²) in [5, 5.41) is 14.7. The topological polar surface area (TPSA) is 49.8 Å². The van der Waals surface area contributed by atoms with E-state index in [1.54, 1.807) is 28.4 Å². The number of methoxy groups -OCH3 is 4. The molecule has 0 radical (unpaired) electrons. The zero-order valence-corrected chi connectivity index (χ0v) is 25.9. The zero-order valence-electron chi connectivity index (χ0n) is 25.9. The van der Waals surface area contributed by atoms with E-state index < -0.39 is 0 Å². The van der Waals surface area contributed by atoms with E-state index >= 15 is 0 Å². The van der Waals surface area contributed by atoms with Crippen molar-refractivity contribution in [2.75, 3.05) is 28.4 Å². The molecular formula is C41H29NO4. The fourth-order valence-corrected chi connectivity index (χ4v) is 7.46. The van der Waals surface area contributed by atoms with Gasteiger partial charge in [-0.25, -0.2) is 4.98 Å². The van der Waals surface area contributed by atoms with Gasteiger partial charge in [-0.05, 0) is 115 Å². The number of nitrogens with zero attached hydrogens (tertiary/aromatic N) is 1. The minimum absolute atomic E-state index is 0.796. The van der Waals surface area contributed by atoms with Crippen LogP contribution in [0, 0.1) is 0 Å². The Bertz CT molecular complexity index is 2660. The third-order valence-electron chi connectivity index (χ3n) is 9.53. The highest BCUT2D eigenvalue weighted by Crippen LogP contribution is 2.51. The molecule has 5 heteroatoms. The fourth-order valence-electron chi connectivity index (χ4n) is 7.46. The van der Waals surface area contributed by atoms with Gasteiger partial charge < -0.3 is 18.9 Å². The molecule has 0 aliphatic heterocycles. The van der Waals surface area contributed by atoms with Crippen LogP contribution >= 0.6 is 0 Å². The van der Waals surface area contributed by atoms with Crippen molar-refractivity contribution < 1.29 is 18.9 Å². The molecule has 0 N–H and O–H groups in total. The second-order valence-electron chi connectivity index (χ2n) is 11.7. The van der Waals surface area contributed by atoms with E-state index in [0.29, 0.717) is 0 Å². The monoisotopic (exact) mass is 599 g/mol. The van der Waals surface area contributed by atoms with E-state index in [4.69, 9.17) is 23.9 Å². The highest BCUT2D eigenvalue weighted by Gasteiger charge is 2.23. The summed E-state index contributed by atoms with van der Waals surface area (Å²) in [6, 6.07) is 36.0. The number of rotatable bonds is 5. The van der Waals surface area contributed by atoms with Crippen LogP contribution in [0.4, 0.5) is 0 Å². The second kappa shape index (κ2) is 9.85. The van der Waals surface area contributed by atoms with E-state index in [2.05, 4.69) is 84.9 Å². The van der Waals surface area contributed by atoms with Gasteiger partial charge in [-0.3, -0.25) is 0 Å². The third-order valence-corrected chi connectivity index (χ3v) is 9.53. The molecule has 1 heterocycles. The molecule has 0 saturated heterocycles. The van der Waals surface area contributed by atoms with Gasteiger partial charge in [0.1, 0.15) is 23.0 Å². The molecule has 0 atom stereocenters. The Hall–Kier alpha value is -5.81. The maximum Gasteiger partial charge on any atom is 0.120 e. The van der Waals surface area contributed by atoms with E-state index in [1.807, 2.05) is 18.2 Å². The fraction of sp³-hybridized carbons (Fsp3) is 0.0976. The van der Waals surface area contributed by atoms with E-state index in [-0.39, 0.29) is 0 Å². The Morgan fingerprint density at radius 3 is 1.46 bits per heavy atom. The smallest absolute Gasteiger partial charge is 0.120 e. The van der Waals surface area contributed by atoms with Crippen LogP contribution in [0.2, 0.25) is 0 Å². The van der Waals surface area contributed by atoms with Crippen LogP contribution in [0.1, 0.15) is 0 Å². The van der Waals surface area contributed by atoms with E-state index in [9.17, 15) is 0 Å². The molecule has 0 saturated carbocycles. The van der Waals surface area contributed by atoms with Crippen LogP contribution in [0.3, 0.4) is 0 Å². The van der Waals surface area contributed by atoms with Gasteiger partial charge in [0.15, 0.2) is 0 Å². The summed E-state index contributed by atoms with van der Waals surface area (Å²) in [4.78, 5) is 5.46. The average Bonchev–Trinajstić information content (AvgIpc) is 3.12. The first kappa shape index (κ1) is 26.6. The van der Waals surface area contributed by atoms with Crippen molar-refractivity contribution in [3.63, 3.8) is 0 Å². The van der Waals surface area contributed by atoms with Crippen LogP contribution in [0.15, 0.2) is 103 Å². The number of fused-ring (bicyclic) bond motifs is 10. The molecule has 5 nitrogen and oxygen atoms in total. The number of pyridine rings is 1. The molecule has 0 aliphatic rings. The van der Waals surface area contributed by atoms with Crippen molar-refractivity contribution >= 4 is 75.5 Å². The predicted octanol–water partition coefficient (Wildman–Crippen LogP) is 10.3. The third kappa shape index (κ3) is 3.60. The summed E-state index contributed by atoms with van der Waals surface area (Å²) in [6.45, 7) is 0. The van der Waals surface area contributed by atoms with Crippen molar-refractivity contribution in [2.45, 2.75) is 0 Å². The number of ether oxygens (including phenoxy) is 4. The molecule has 1 aromatic heterocycles. The molecular weight excluding hydrogens is 570 g/mol. The van der Waals surface area contributed by atoms with E-state index in [1.165, 1.54) is 16.2 Å². The summed E-state index contributed by atoms with van der Waals surface area (Å²) in [5.74, 6) is 3.21. The Labute approximate surface area is 264 Å². The van der Waals surface area contributed by atoms with Crippen LogP contribution in [0.5, 0.6) is 23.0 Å². The number of hydrogen-bond donors (Lipinski definition) is 0. The highest BCUT2D eigenvalue weighted by molar-refractivity contribution is 6.45. The summed E-state index contributed by atoms with van der Waals surface area (Å²) >= 11 is 0. The lowest BCUT2D eigenvalue weighted by atomic mass is 9.83. The summed E-state index contributed by atoms with van der Waals surface area (Å²) in [6.07, 6.45) is 0. The Morgan fingerprint density at radius 1 is 0.370 bits per heavy atom. The Balaban J connectivity index is 1.63. The average molecular weight is 600 g/mol. The van der Waals surface area contributed by atoms with Gasteiger partial charge >= 0.3 is 0 Å². The van der Waals surface area contributed by atoms with Gasteiger partial charge in [-0.15, -0.1) is 0 Å². The summed E-state index contributed by atoms with van der Waals surface area (Å²) < 4.78 is 23.1. The van der Waals surface area contributed by atoms with Gasteiger partial charge in [-0.2, -0.15) is 0 Å². The van der Waals surface area contributed by atoms with Crippen molar-refractivity contribution in [3.8, 4) is 34.3 Å². The first-order valence-corrected chi connectivity index (χ1v) is 15.3. The first-order valence-electron chi connectivity index (χ1n) is 15.3. The lowest BCUT2D eigenvalue weighted by Crippen LogP contribution is -1.96. The zero-order chi connectivity index (χ0) is 31.1. The first-order chi connectivity index (χ1) is 22.6. The molecule has 8 aromatic carbocycles. The van der Waals surface area contributed by atoms with Gasteiger partial charge in [0.25, 0.3) is 0 Å². The lowest BCUT2D eigenvalue weighted by Gasteiger charge is -2.21. The van der Waals surface area contributed by atoms with Gasteiger partial charge in [0, 0.05) is 21.7 Å². The SMILES string of the molecule is COc1ccc2c(c1)c(-c1ccccc1)nc1cc3c4ccc(OC)cc4c4cc(OC)cc5c6cc(OC)ccc6c(c12)c3c45. The summed E-state index contributed by atoms with van der Waals surface area (Å²) in [5.41, 5.74) is 2.93. The predicted molar refractivity (Wildman–Crippen MR) is 190 cm³/mol. The minimum atomic E-state index is 0.796. The molecule has 0 bridgehead atoms.